The molecular formula is C15H19N3O3. The van der Waals surface area contributed by atoms with Crippen LogP contribution in [0.4, 0.5) is 11.4 Å². The number of methoxy groups -OCH3 is 1. The minimum Gasteiger partial charge on any atom is -0.494 e. The SMILES string of the molecule is CCCn1cccc1CNc1ccc([N+](=O)[O-])cc1OC. The van der Waals surface area contributed by atoms with Crippen molar-refractivity contribution in [2.24, 2.45) is 0 Å². The van der Waals surface area contributed by atoms with Crippen molar-refractivity contribution in [3.63, 3.8) is 0 Å². The first-order valence-corrected chi connectivity index (χ1v) is 6.86. The Labute approximate surface area is 123 Å². The average molecular weight is 289 g/mol. The number of aryl methyl sites for hydroxylation is 1. The summed E-state index contributed by atoms with van der Waals surface area (Å²) in [5.41, 5.74) is 1.93. The highest BCUT2D eigenvalue weighted by atomic mass is 16.6. The van der Waals surface area contributed by atoms with Gasteiger partial charge in [0.25, 0.3) is 5.69 Å². The molecule has 6 heteroatoms. The van der Waals surface area contributed by atoms with Crippen LogP contribution < -0.4 is 10.1 Å². The van der Waals surface area contributed by atoms with E-state index in [4.69, 9.17) is 4.74 Å². The van der Waals surface area contributed by atoms with E-state index < -0.39 is 4.92 Å². The zero-order valence-corrected chi connectivity index (χ0v) is 12.2. The lowest BCUT2D eigenvalue weighted by Gasteiger charge is -2.12. The molecule has 6 nitrogen and oxygen atoms in total. The number of anilines is 1. The largest absolute Gasteiger partial charge is 0.494 e. The molecule has 0 saturated carbocycles. The third-order valence-corrected chi connectivity index (χ3v) is 3.24. The van der Waals surface area contributed by atoms with Crippen molar-refractivity contribution in [2.75, 3.05) is 12.4 Å². The van der Waals surface area contributed by atoms with Gasteiger partial charge in [0.1, 0.15) is 5.75 Å². The van der Waals surface area contributed by atoms with Crippen LogP contribution >= 0.6 is 0 Å². The van der Waals surface area contributed by atoms with Gasteiger partial charge >= 0.3 is 0 Å². The summed E-state index contributed by atoms with van der Waals surface area (Å²) < 4.78 is 7.40. The van der Waals surface area contributed by atoms with Gasteiger partial charge in [0.2, 0.25) is 0 Å². The molecule has 2 rings (SSSR count). The minimum absolute atomic E-state index is 0.0201. The third-order valence-electron chi connectivity index (χ3n) is 3.24. The summed E-state index contributed by atoms with van der Waals surface area (Å²) in [7, 11) is 1.50. The van der Waals surface area contributed by atoms with Gasteiger partial charge in [-0.15, -0.1) is 0 Å². The molecule has 1 aromatic heterocycles. The normalized spacial score (nSPS) is 10.4. The van der Waals surface area contributed by atoms with Gasteiger partial charge in [-0.3, -0.25) is 10.1 Å². The standard InChI is InChI=1S/C15H19N3O3/c1-3-8-17-9-4-5-13(17)11-16-14-7-6-12(18(19)20)10-15(14)21-2/h4-7,9-10,16H,3,8,11H2,1-2H3. The van der Waals surface area contributed by atoms with Gasteiger partial charge in [-0.2, -0.15) is 0 Å². The van der Waals surface area contributed by atoms with Crippen LogP contribution in [0.3, 0.4) is 0 Å². The Morgan fingerprint density at radius 3 is 2.86 bits per heavy atom. The van der Waals surface area contributed by atoms with Crippen LogP contribution in [0, 0.1) is 10.1 Å². The number of nitrogens with one attached hydrogen (secondary N) is 1. The molecule has 0 amide bonds. The zero-order chi connectivity index (χ0) is 15.2. The number of non-ortho nitro benzene ring substituents is 1. The lowest BCUT2D eigenvalue weighted by Crippen LogP contribution is -2.07. The molecule has 2 aromatic rings. The summed E-state index contributed by atoms with van der Waals surface area (Å²) >= 11 is 0. The maximum atomic E-state index is 10.8. The van der Waals surface area contributed by atoms with Gasteiger partial charge in [-0.25, -0.2) is 0 Å². The number of hydrogen-bond donors (Lipinski definition) is 1. The molecule has 1 N–H and O–H groups in total. The quantitative estimate of drug-likeness (QED) is 0.626. The highest BCUT2D eigenvalue weighted by Crippen LogP contribution is 2.29. The summed E-state index contributed by atoms with van der Waals surface area (Å²) in [6, 6.07) is 8.63. The number of nitro benzene ring substituents is 1. The molecule has 112 valence electrons. The second kappa shape index (κ2) is 6.78. The Hall–Kier alpha value is -2.50. The molecule has 0 bridgehead atoms. The molecule has 0 saturated heterocycles. The smallest absolute Gasteiger partial charge is 0.273 e. The van der Waals surface area contributed by atoms with Crippen LogP contribution in [0.1, 0.15) is 19.0 Å². The molecule has 0 unspecified atom stereocenters. The molecule has 0 aliphatic carbocycles. The fourth-order valence-electron chi connectivity index (χ4n) is 2.19. The number of nitro groups is 1. The molecule has 21 heavy (non-hydrogen) atoms. The third kappa shape index (κ3) is 3.53. The van der Waals surface area contributed by atoms with Gasteiger partial charge < -0.3 is 14.6 Å². The van der Waals surface area contributed by atoms with Crippen molar-refractivity contribution in [1.82, 2.24) is 4.57 Å². The molecule has 0 atom stereocenters. The van der Waals surface area contributed by atoms with Crippen molar-refractivity contribution >= 4 is 11.4 Å². The van der Waals surface area contributed by atoms with Gasteiger partial charge in [0.05, 0.1) is 30.3 Å². The van der Waals surface area contributed by atoms with Crippen LogP contribution in [0.5, 0.6) is 5.75 Å². The van der Waals surface area contributed by atoms with Crippen molar-refractivity contribution in [1.29, 1.82) is 0 Å². The van der Waals surface area contributed by atoms with E-state index >= 15 is 0 Å². The zero-order valence-electron chi connectivity index (χ0n) is 12.2. The number of rotatable bonds is 7. The van der Waals surface area contributed by atoms with E-state index in [1.807, 2.05) is 12.3 Å². The van der Waals surface area contributed by atoms with E-state index in [-0.39, 0.29) is 5.69 Å². The van der Waals surface area contributed by atoms with E-state index in [2.05, 4.69) is 22.9 Å². The fourth-order valence-corrected chi connectivity index (χ4v) is 2.19. The van der Waals surface area contributed by atoms with E-state index in [0.717, 1.165) is 24.3 Å². The lowest BCUT2D eigenvalue weighted by atomic mass is 10.2. The first kappa shape index (κ1) is 14.9. The van der Waals surface area contributed by atoms with Crippen LogP contribution in [-0.2, 0) is 13.1 Å². The van der Waals surface area contributed by atoms with Crippen LogP contribution in [0.15, 0.2) is 36.5 Å². The molecule has 1 heterocycles. The second-order valence-corrected chi connectivity index (χ2v) is 4.69. The summed E-state index contributed by atoms with van der Waals surface area (Å²) in [6.45, 7) is 3.75. The Morgan fingerprint density at radius 2 is 2.19 bits per heavy atom. The van der Waals surface area contributed by atoms with Crippen LogP contribution in [0.25, 0.3) is 0 Å². The number of ether oxygens (including phenoxy) is 1. The van der Waals surface area contributed by atoms with Crippen LogP contribution in [0.2, 0.25) is 0 Å². The summed E-state index contributed by atoms with van der Waals surface area (Å²) in [5.74, 6) is 0.470. The Kier molecular flexibility index (Phi) is 4.81. The van der Waals surface area contributed by atoms with E-state index in [0.29, 0.717) is 12.3 Å². The molecule has 0 radical (unpaired) electrons. The van der Waals surface area contributed by atoms with Crippen LogP contribution in [-0.4, -0.2) is 16.6 Å². The maximum Gasteiger partial charge on any atom is 0.273 e. The number of benzene rings is 1. The van der Waals surface area contributed by atoms with Crippen molar-refractivity contribution < 1.29 is 9.66 Å². The highest BCUT2D eigenvalue weighted by molar-refractivity contribution is 5.60. The number of nitrogens with zero attached hydrogens (tertiary/aromatic N) is 2. The van der Waals surface area contributed by atoms with Crippen molar-refractivity contribution in [2.45, 2.75) is 26.4 Å². The first-order chi connectivity index (χ1) is 10.2. The van der Waals surface area contributed by atoms with E-state index in [9.17, 15) is 10.1 Å². The van der Waals surface area contributed by atoms with Crippen molar-refractivity contribution in [3.05, 3.63) is 52.3 Å². The molecule has 0 spiro atoms. The molecular weight excluding hydrogens is 270 g/mol. The average Bonchev–Trinajstić information content (AvgIpc) is 2.92. The minimum atomic E-state index is -0.432. The van der Waals surface area contributed by atoms with E-state index in [1.165, 1.54) is 19.2 Å². The Balaban J connectivity index is 2.12. The fraction of sp³-hybridized carbons (Fsp3) is 0.333. The monoisotopic (exact) mass is 289 g/mol. The molecule has 0 aliphatic heterocycles. The Morgan fingerprint density at radius 1 is 1.38 bits per heavy atom. The number of hydrogen-bond acceptors (Lipinski definition) is 4. The van der Waals surface area contributed by atoms with Gasteiger partial charge in [-0.05, 0) is 24.6 Å². The summed E-state index contributed by atoms with van der Waals surface area (Å²) in [6.07, 6.45) is 3.12. The predicted octanol–water partition coefficient (Wildman–Crippen LogP) is 3.43. The highest BCUT2D eigenvalue weighted by Gasteiger charge is 2.11. The van der Waals surface area contributed by atoms with Gasteiger partial charge in [0, 0.05) is 24.5 Å². The number of aromatic nitrogens is 1. The predicted molar refractivity (Wildman–Crippen MR) is 81.7 cm³/mol. The van der Waals surface area contributed by atoms with E-state index in [1.54, 1.807) is 6.07 Å². The molecule has 1 aromatic carbocycles. The van der Waals surface area contributed by atoms with Gasteiger partial charge in [0.15, 0.2) is 0 Å². The first-order valence-electron chi connectivity index (χ1n) is 6.86. The summed E-state index contributed by atoms with van der Waals surface area (Å²) in [5, 5.41) is 14.0. The molecule has 0 aliphatic rings. The van der Waals surface area contributed by atoms with Crippen molar-refractivity contribution in [3.8, 4) is 5.75 Å². The lowest BCUT2D eigenvalue weighted by molar-refractivity contribution is -0.384. The topological polar surface area (TPSA) is 69.3 Å². The second-order valence-electron chi connectivity index (χ2n) is 4.69. The Bertz CT molecular complexity index is 622. The maximum absolute atomic E-state index is 10.8. The van der Waals surface area contributed by atoms with Gasteiger partial charge in [-0.1, -0.05) is 6.92 Å². The molecule has 0 fully saturated rings. The summed E-state index contributed by atoms with van der Waals surface area (Å²) in [4.78, 5) is 10.3.